The van der Waals surface area contributed by atoms with Gasteiger partial charge in [0.05, 0.1) is 6.54 Å². The molecule has 0 radical (unpaired) electrons. The van der Waals surface area contributed by atoms with Crippen LogP contribution >= 0.6 is 0 Å². The van der Waals surface area contributed by atoms with E-state index in [0.29, 0.717) is 13.1 Å². The van der Waals surface area contributed by atoms with Gasteiger partial charge in [-0.05, 0) is 0 Å². The van der Waals surface area contributed by atoms with Crippen LogP contribution in [0.2, 0.25) is 0 Å². The Morgan fingerprint density at radius 2 is 2.60 bits per heavy atom. The lowest BCUT2D eigenvalue weighted by Gasteiger charge is -2.29. The van der Waals surface area contributed by atoms with Crippen LogP contribution in [-0.4, -0.2) is 43.5 Å². The van der Waals surface area contributed by atoms with Crippen LogP contribution in [-0.2, 0) is 4.79 Å². The summed E-state index contributed by atoms with van der Waals surface area (Å²) in [5.74, 6) is 0.143. The Balaban J connectivity index is 2.40. The largest absolute Gasteiger partial charge is 0.343 e. The molecule has 58 valence electrons. The van der Waals surface area contributed by atoms with E-state index in [1.165, 1.54) is 0 Å². The molecule has 0 spiro atoms. The average molecular weight is 143 g/mol. The van der Waals surface area contributed by atoms with Crippen molar-refractivity contribution in [2.45, 2.75) is 6.04 Å². The van der Waals surface area contributed by atoms with E-state index in [9.17, 15) is 4.79 Å². The molecule has 1 aliphatic rings. The number of rotatable bonds is 1. The molecule has 4 nitrogen and oxygen atoms in total. The SMILES string of the molecule is CN1CC(CN)NCC1=O. The first kappa shape index (κ1) is 7.50. The molecule has 1 atom stereocenters. The summed E-state index contributed by atoms with van der Waals surface area (Å²) in [6.07, 6.45) is 0. The van der Waals surface area contributed by atoms with Crippen molar-refractivity contribution in [2.75, 3.05) is 26.7 Å². The molecule has 10 heavy (non-hydrogen) atoms. The molecular weight excluding hydrogens is 130 g/mol. The zero-order valence-corrected chi connectivity index (χ0v) is 6.13. The predicted octanol–water partition coefficient (Wildman–Crippen LogP) is -1.62. The van der Waals surface area contributed by atoms with Crippen molar-refractivity contribution in [1.82, 2.24) is 10.2 Å². The number of piperazine rings is 1. The van der Waals surface area contributed by atoms with Gasteiger partial charge in [-0.25, -0.2) is 0 Å². The van der Waals surface area contributed by atoms with E-state index in [1.807, 2.05) is 0 Å². The van der Waals surface area contributed by atoms with Crippen LogP contribution in [0.1, 0.15) is 0 Å². The topological polar surface area (TPSA) is 58.4 Å². The van der Waals surface area contributed by atoms with Gasteiger partial charge in [0.15, 0.2) is 0 Å². The molecule has 1 saturated heterocycles. The number of carbonyl (C=O) groups excluding carboxylic acids is 1. The fourth-order valence-corrected chi connectivity index (χ4v) is 1.02. The summed E-state index contributed by atoms with van der Waals surface area (Å²) in [7, 11) is 1.80. The van der Waals surface area contributed by atoms with Gasteiger partial charge < -0.3 is 16.0 Å². The third-order valence-corrected chi connectivity index (χ3v) is 1.75. The molecular formula is C6H13N3O. The Labute approximate surface area is 60.4 Å². The summed E-state index contributed by atoms with van der Waals surface area (Å²) >= 11 is 0. The van der Waals surface area contributed by atoms with E-state index in [0.717, 1.165) is 6.54 Å². The maximum absolute atomic E-state index is 10.9. The number of likely N-dealkylation sites (N-methyl/N-ethyl adjacent to an activating group) is 1. The number of hydrogen-bond acceptors (Lipinski definition) is 3. The lowest BCUT2D eigenvalue weighted by molar-refractivity contribution is -0.131. The van der Waals surface area contributed by atoms with Gasteiger partial charge in [-0.15, -0.1) is 0 Å². The smallest absolute Gasteiger partial charge is 0.236 e. The molecule has 3 N–H and O–H groups in total. The van der Waals surface area contributed by atoms with Crippen LogP contribution in [0.3, 0.4) is 0 Å². The fourth-order valence-electron chi connectivity index (χ4n) is 1.02. The summed E-state index contributed by atoms with van der Waals surface area (Å²) in [4.78, 5) is 12.6. The zero-order chi connectivity index (χ0) is 7.56. The first-order chi connectivity index (χ1) is 4.74. The van der Waals surface area contributed by atoms with E-state index < -0.39 is 0 Å². The van der Waals surface area contributed by atoms with Crippen LogP contribution in [0, 0.1) is 0 Å². The molecule has 0 aromatic carbocycles. The van der Waals surface area contributed by atoms with Crippen molar-refractivity contribution in [1.29, 1.82) is 0 Å². The maximum Gasteiger partial charge on any atom is 0.236 e. The molecule has 1 fully saturated rings. The predicted molar refractivity (Wildman–Crippen MR) is 38.5 cm³/mol. The second-order valence-corrected chi connectivity index (χ2v) is 2.59. The first-order valence-corrected chi connectivity index (χ1v) is 3.41. The van der Waals surface area contributed by atoms with Crippen LogP contribution < -0.4 is 11.1 Å². The van der Waals surface area contributed by atoms with E-state index in [4.69, 9.17) is 5.73 Å². The molecule has 0 saturated carbocycles. The Bertz CT molecular complexity index is 137. The van der Waals surface area contributed by atoms with Crippen molar-refractivity contribution < 1.29 is 4.79 Å². The van der Waals surface area contributed by atoms with Crippen LogP contribution in [0.5, 0.6) is 0 Å². The molecule has 1 rings (SSSR count). The zero-order valence-electron chi connectivity index (χ0n) is 6.13. The number of nitrogens with zero attached hydrogens (tertiary/aromatic N) is 1. The molecule has 1 heterocycles. The molecule has 0 bridgehead atoms. The fraction of sp³-hybridized carbons (Fsp3) is 0.833. The Morgan fingerprint density at radius 1 is 1.90 bits per heavy atom. The van der Waals surface area contributed by atoms with Gasteiger partial charge in [0.1, 0.15) is 0 Å². The van der Waals surface area contributed by atoms with Gasteiger partial charge in [0.2, 0.25) is 5.91 Å². The van der Waals surface area contributed by atoms with Gasteiger partial charge in [-0.1, -0.05) is 0 Å². The average Bonchev–Trinajstić information content (AvgIpc) is 1.95. The quantitative estimate of drug-likeness (QED) is 0.463. The second kappa shape index (κ2) is 2.98. The third-order valence-electron chi connectivity index (χ3n) is 1.75. The lowest BCUT2D eigenvalue weighted by Crippen LogP contribution is -2.55. The van der Waals surface area contributed by atoms with Crippen molar-refractivity contribution in [2.24, 2.45) is 5.73 Å². The van der Waals surface area contributed by atoms with Gasteiger partial charge in [-0.3, -0.25) is 4.79 Å². The minimum atomic E-state index is 0.143. The molecule has 0 aromatic rings. The third kappa shape index (κ3) is 1.46. The summed E-state index contributed by atoms with van der Waals surface area (Å²) in [5, 5.41) is 3.03. The van der Waals surface area contributed by atoms with Gasteiger partial charge in [0, 0.05) is 26.2 Å². The van der Waals surface area contributed by atoms with Crippen LogP contribution in [0.4, 0.5) is 0 Å². The highest BCUT2D eigenvalue weighted by atomic mass is 16.2. The van der Waals surface area contributed by atoms with E-state index >= 15 is 0 Å². The number of hydrogen-bond donors (Lipinski definition) is 2. The second-order valence-electron chi connectivity index (χ2n) is 2.59. The molecule has 1 unspecified atom stereocenters. The van der Waals surface area contributed by atoms with E-state index in [1.54, 1.807) is 11.9 Å². The van der Waals surface area contributed by atoms with Crippen molar-refractivity contribution >= 4 is 5.91 Å². The van der Waals surface area contributed by atoms with Gasteiger partial charge >= 0.3 is 0 Å². The Kier molecular flexibility index (Phi) is 2.24. The Hall–Kier alpha value is -0.610. The number of nitrogens with two attached hydrogens (primary N) is 1. The minimum absolute atomic E-state index is 0.143. The highest BCUT2D eigenvalue weighted by Gasteiger charge is 2.20. The molecule has 4 heteroatoms. The van der Waals surface area contributed by atoms with Crippen molar-refractivity contribution in [3.8, 4) is 0 Å². The minimum Gasteiger partial charge on any atom is -0.343 e. The molecule has 1 aliphatic heterocycles. The molecule has 0 aromatic heterocycles. The van der Waals surface area contributed by atoms with Crippen molar-refractivity contribution in [3.05, 3.63) is 0 Å². The van der Waals surface area contributed by atoms with Gasteiger partial charge in [0.25, 0.3) is 0 Å². The Morgan fingerprint density at radius 3 is 3.10 bits per heavy atom. The molecule has 1 amide bonds. The normalized spacial score (nSPS) is 27.2. The first-order valence-electron chi connectivity index (χ1n) is 3.41. The highest BCUT2D eigenvalue weighted by molar-refractivity contribution is 5.78. The monoisotopic (exact) mass is 143 g/mol. The standard InChI is InChI=1S/C6H13N3O/c1-9-4-5(2-7)8-3-6(9)10/h5,8H,2-4,7H2,1H3. The van der Waals surface area contributed by atoms with E-state index in [-0.39, 0.29) is 11.9 Å². The molecule has 0 aliphatic carbocycles. The van der Waals surface area contributed by atoms with Crippen LogP contribution in [0.25, 0.3) is 0 Å². The summed E-state index contributed by atoms with van der Waals surface area (Å²) in [6.45, 7) is 1.76. The van der Waals surface area contributed by atoms with E-state index in [2.05, 4.69) is 5.32 Å². The lowest BCUT2D eigenvalue weighted by atomic mass is 10.2. The maximum atomic E-state index is 10.9. The summed E-state index contributed by atoms with van der Waals surface area (Å²) in [5.41, 5.74) is 5.41. The van der Waals surface area contributed by atoms with Crippen LogP contribution in [0.15, 0.2) is 0 Å². The number of nitrogens with one attached hydrogen (secondary N) is 1. The van der Waals surface area contributed by atoms with Gasteiger partial charge in [-0.2, -0.15) is 0 Å². The summed E-state index contributed by atoms with van der Waals surface area (Å²) in [6, 6.07) is 0.280. The summed E-state index contributed by atoms with van der Waals surface area (Å²) < 4.78 is 0. The van der Waals surface area contributed by atoms with Crippen molar-refractivity contribution in [3.63, 3.8) is 0 Å². The number of amides is 1. The highest BCUT2D eigenvalue weighted by Crippen LogP contribution is 1.94. The number of carbonyl (C=O) groups is 1.